The minimum absolute atomic E-state index is 0.239. The molecule has 0 spiro atoms. The summed E-state index contributed by atoms with van der Waals surface area (Å²) in [5.74, 6) is 0.0797. The van der Waals surface area contributed by atoms with Crippen LogP contribution in [0.15, 0.2) is 42.5 Å². The van der Waals surface area contributed by atoms with E-state index >= 15 is 0 Å². The average molecular weight is 405 g/mol. The molecular formula is C23H24FN5O. The van der Waals surface area contributed by atoms with Gasteiger partial charge in [-0.2, -0.15) is 0 Å². The van der Waals surface area contributed by atoms with E-state index in [1.165, 1.54) is 42.6 Å². The zero-order valence-corrected chi connectivity index (χ0v) is 16.9. The Kier molecular flexibility index (Phi) is 4.83. The number of halogens is 1. The van der Waals surface area contributed by atoms with Crippen molar-refractivity contribution in [1.29, 1.82) is 0 Å². The van der Waals surface area contributed by atoms with Crippen LogP contribution >= 0.6 is 0 Å². The molecule has 3 aromatic rings. The van der Waals surface area contributed by atoms with Gasteiger partial charge in [0.25, 0.3) is 5.91 Å². The third-order valence-corrected chi connectivity index (χ3v) is 5.95. The quantitative estimate of drug-likeness (QED) is 0.703. The van der Waals surface area contributed by atoms with Gasteiger partial charge in [0.15, 0.2) is 5.69 Å². The molecule has 0 atom stereocenters. The zero-order valence-electron chi connectivity index (χ0n) is 16.9. The number of carbonyl (C=O) groups is 1. The van der Waals surface area contributed by atoms with Crippen LogP contribution in [-0.4, -0.2) is 38.9 Å². The van der Waals surface area contributed by atoms with Crippen LogP contribution in [0.1, 0.15) is 40.2 Å². The third-order valence-electron chi connectivity index (χ3n) is 5.95. The molecular weight excluding hydrogens is 381 g/mol. The first-order valence-electron chi connectivity index (χ1n) is 10.4. The maximum Gasteiger partial charge on any atom is 0.278 e. The van der Waals surface area contributed by atoms with E-state index in [0.717, 1.165) is 31.1 Å². The molecule has 154 valence electrons. The standard InChI is InChI=1S/C23H24FN5O/c1-15-22(23(30)25-19-6-3-5-18(24)12-19)26-27-29(15)21-7-2-4-17-14-28(11-10-20(17)21)13-16-8-9-16/h2-7,12,16H,8-11,13-14H2,1H3,(H,25,30). The molecule has 30 heavy (non-hydrogen) atoms. The number of hydrogen-bond donors (Lipinski definition) is 1. The van der Waals surface area contributed by atoms with Gasteiger partial charge in [-0.1, -0.05) is 23.4 Å². The summed E-state index contributed by atoms with van der Waals surface area (Å²) in [7, 11) is 0. The minimum Gasteiger partial charge on any atom is -0.320 e. The Balaban J connectivity index is 1.39. The highest BCUT2D eigenvalue weighted by Gasteiger charge is 2.28. The van der Waals surface area contributed by atoms with E-state index in [1.54, 1.807) is 16.8 Å². The zero-order chi connectivity index (χ0) is 20.7. The van der Waals surface area contributed by atoms with Crippen LogP contribution in [0, 0.1) is 18.7 Å². The van der Waals surface area contributed by atoms with Crippen molar-refractivity contribution in [3.63, 3.8) is 0 Å². The summed E-state index contributed by atoms with van der Waals surface area (Å²) in [4.78, 5) is 15.2. The Morgan fingerprint density at radius 3 is 2.87 bits per heavy atom. The smallest absolute Gasteiger partial charge is 0.278 e. The summed E-state index contributed by atoms with van der Waals surface area (Å²) in [5, 5.41) is 11.1. The molecule has 0 radical (unpaired) electrons. The molecule has 1 aliphatic carbocycles. The Hall–Kier alpha value is -3.06. The van der Waals surface area contributed by atoms with E-state index in [4.69, 9.17) is 0 Å². The lowest BCUT2D eigenvalue weighted by molar-refractivity contribution is 0.102. The predicted molar refractivity (Wildman–Crippen MR) is 112 cm³/mol. The van der Waals surface area contributed by atoms with Crippen molar-refractivity contribution in [1.82, 2.24) is 19.9 Å². The summed E-state index contributed by atoms with van der Waals surface area (Å²) in [6, 6.07) is 12.1. The molecule has 0 bridgehead atoms. The SMILES string of the molecule is Cc1c(C(=O)Nc2cccc(F)c2)nnn1-c1cccc2c1CCN(CC1CC1)C2. The molecule has 7 heteroatoms. The fourth-order valence-electron chi connectivity index (χ4n) is 4.19. The first kappa shape index (κ1) is 18.9. The molecule has 5 rings (SSSR count). The first-order valence-corrected chi connectivity index (χ1v) is 10.4. The van der Waals surface area contributed by atoms with Gasteiger partial charge in [0.1, 0.15) is 5.82 Å². The van der Waals surface area contributed by atoms with Crippen LogP contribution < -0.4 is 5.32 Å². The lowest BCUT2D eigenvalue weighted by atomic mass is 9.97. The van der Waals surface area contributed by atoms with Gasteiger partial charge in [-0.3, -0.25) is 9.69 Å². The lowest BCUT2D eigenvalue weighted by Gasteiger charge is -2.30. The molecule has 0 unspecified atom stereocenters. The first-order chi connectivity index (χ1) is 14.6. The van der Waals surface area contributed by atoms with Gasteiger partial charge in [0, 0.05) is 25.3 Å². The number of anilines is 1. The van der Waals surface area contributed by atoms with Crippen molar-refractivity contribution in [2.24, 2.45) is 5.92 Å². The molecule has 1 N–H and O–H groups in total. The topological polar surface area (TPSA) is 63.1 Å². The number of carbonyl (C=O) groups excluding carboxylic acids is 1. The second-order valence-electron chi connectivity index (χ2n) is 8.24. The number of amides is 1. The number of rotatable bonds is 5. The Morgan fingerprint density at radius 2 is 2.07 bits per heavy atom. The van der Waals surface area contributed by atoms with E-state index in [0.29, 0.717) is 11.4 Å². The second kappa shape index (κ2) is 7.65. The molecule has 1 amide bonds. The molecule has 2 heterocycles. The van der Waals surface area contributed by atoms with Crippen LogP contribution in [0.3, 0.4) is 0 Å². The van der Waals surface area contributed by atoms with Gasteiger partial charge in [-0.25, -0.2) is 9.07 Å². The largest absolute Gasteiger partial charge is 0.320 e. The summed E-state index contributed by atoms with van der Waals surface area (Å²) in [6.07, 6.45) is 3.69. The van der Waals surface area contributed by atoms with Gasteiger partial charge < -0.3 is 5.32 Å². The van der Waals surface area contributed by atoms with E-state index in [-0.39, 0.29) is 5.69 Å². The highest BCUT2D eigenvalue weighted by atomic mass is 19.1. The van der Waals surface area contributed by atoms with Crippen molar-refractivity contribution in [2.45, 2.75) is 32.7 Å². The van der Waals surface area contributed by atoms with E-state index < -0.39 is 11.7 Å². The number of nitrogens with zero attached hydrogens (tertiary/aromatic N) is 4. The number of benzene rings is 2. The monoisotopic (exact) mass is 405 g/mol. The minimum atomic E-state index is -0.403. The summed E-state index contributed by atoms with van der Waals surface area (Å²) < 4.78 is 15.1. The van der Waals surface area contributed by atoms with E-state index in [9.17, 15) is 9.18 Å². The number of fused-ring (bicyclic) bond motifs is 1. The molecule has 6 nitrogen and oxygen atoms in total. The fourth-order valence-corrected chi connectivity index (χ4v) is 4.19. The highest BCUT2D eigenvalue weighted by molar-refractivity contribution is 6.03. The fraction of sp³-hybridized carbons (Fsp3) is 0.348. The van der Waals surface area contributed by atoms with Crippen LogP contribution in [-0.2, 0) is 13.0 Å². The Labute approximate surface area is 174 Å². The Morgan fingerprint density at radius 1 is 1.23 bits per heavy atom. The predicted octanol–water partition coefficient (Wildman–Crippen LogP) is 3.74. The van der Waals surface area contributed by atoms with E-state index in [2.05, 4.69) is 26.6 Å². The second-order valence-corrected chi connectivity index (χ2v) is 8.24. The normalized spacial score (nSPS) is 16.3. The molecule has 1 aliphatic heterocycles. The number of hydrogen-bond acceptors (Lipinski definition) is 4. The van der Waals surface area contributed by atoms with Crippen molar-refractivity contribution in [2.75, 3.05) is 18.4 Å². The molecule has 1 saturated carbocycles. The molecule has 2 aromatic carbocycles. The van der Waals surface area contributed by atoms with Gasteiger partial charge in [-0.05, 0) is 67.5 Å². The number of aromatic nitrogens is 3. The van der Waals surface area contributed by atoms with Gasteiger partial charge in [0.05, 0.1) is 11.4 Å². The maximum absolute atomic E-state index is 13.4. The van der Waals surface area contributed by atoms with Crippen molar-refractivity contribution >= 4 is 11.6 Å². The summed E-state index contributed by atoms with van der Waals surface area (Å²) >= 11 is 0. The van der Waals surface area contributed by atoms with Crippen molar-refractivity contribution in [3.05, 3.63) is 70.8 Å². The molecule has 1 fully saturated rings. The Bertz CT molecular complexity index is 1100. The summed E-state index contributed by atoms with van der Waals surface area (Å²) in [5.41, 5.74) is 4.87. The van der Waals surface area contributed by atoms with Crippen LogP contribution in [0.2, 0.25) is 0 Å². The third kappa shape index (κ3) is 3.73. The maximum atomic E-state index is 13.4. The van der Waals surface area contributed by atoms with Gasteiger partial charge in [-0.15, -0.1) is 5.10 Å². The highest BCUT2D eigenvalue weighted by Crippen LogP contribution is 2.32. The van der Waals surface area contributed by atoms with Gasteiger partial charge >= 0.3 is 0 Å². The van der Waals surface area contributed by atoms with Gasteiger partial charge in [0.2, 0.25) is 0 Å². The average Bonchev–Trinajstić information content (AvgIpc) is 3.46. The molecule has 1 aromatic heterocycles. The summed E-state index contributed by atoms with van der Waals surface area (Å²) in [6.45, 7) is 5.03. The number of nitrogens with one attached hydrogen (secondary N) is 1. The lowest BCUT2D eigenvalue weighted by Crippen LogP contribution is -2.32. The molecule has 0 saturated heterocycles. The van der Waals surface area contributed by atoms with Crippen LogP contribution in [0.4, 0.5) is 10.1 Å². The molecule has 2 aliphatic rings. The van der Waals surface area contributed by atoms with E-state index in [1.807, 2.05) is 19.1 Å². The van der Waals surface area contributed by atoms with Crippen LogP contribution in [0.5, 0.6) is 0 Å². The van der Waals surface area contributed by atoms with Crippen molar-refractivity contribution < 1.29 is 9.18 Å². The van der Waals surface area contributed by atoms with Crippen LogP contribution in [0.25, 0.3) is 5.69 Å². The van der Waals surface area contributed by atoms with Crippen molar-refractivity contribution in [3.8, 4) is 5.69 Å².